The number of allylic oxidation sites excluding steroid dienone is 4. The van der Waals surface area contributed by atoms with Crippen LogP contribution >= 0.6 is 0 Å². The van der Waals surface area contributed by atoms with E-state index in [0.717, 1.165) is 12.0 Å². The highest BCUT2D eigenvalue weighted by atomic mass is 16.1. The van der Waals surface area contributed by atoms with Crippen LogP contribution in [-0.4, -0.2) is 11.6 Å². The first-order valence-electron chi connectivity index (χ1n) is 6.84. The summed E-state index contributed by atoms with van der Waals surface area (Å²) in [6.07, 6.45) is 7.92. The summed E-state index contributed by atoms with van der Waals surface area (Å²) in [6, 6.07) is 0. The van der Waals surface area contributed by atoms with Crippen LogP contribution in [0.25, 0.3) is 0 Å². The minimum atomic E-state index is -0.0335. The SMILES string of the molecule is CC1(C)C2CCC1(C)C(C1=CC(=O)C=CC1=O)C2. The van der Waals surface area contributed by atoms with Gasteiger partial charge in [0.25, 0.3) is 0 Å². The van der Waals surface area contributed by atoms with Gasteiger partial charge in [0.1, 0.15) is 0 Å². The van der Waals surface area contributed by atoms with Crippen LogP contribution in [0.1, 0.15) is 40.0 Å². The van der Waals surface area contributed by atoms with Crippen molar-refractivity contribution in [3.63, 3.8) is 0 Å². The third-order valence-electron chi connectivity index (χ3n) is 6.15. The molecule has 3 aliphatic carbocycles. The highest BCUT2D eigenvalue weighted by Crippen LogP contribution is 2.69. The van der Waals surface area contributed by atoms with Crippen molar-refractivity contribution in [2.45, 2.75) is 40.0 Å². The molecule has 96 valence electrons. The quantitative estimate of drug-likeness (QED) is 0.664. The van der Waals surface area contributed by atoms with E-state index in [9.17, 15) is 9.59 Å². The van der Waals surface area contributed by atoms with Gasteiger partial charge >= 0.3 is 0 Å². The summed E-state index contributed by atoms with van der Waals surface area (Å²) in [7, 11) is 0. The van der Waals surface area contributed by atoms with Crippen molar-refractivity contribution in [2.75, 3.05) is 0 Å². The second-order valence-electron chi connectivity index (χ2n) is 6.86. The van der Waals surface area contributed by atoms with Gasteiger partial charge in [-0.05, 0) is 60.2 Å². The maximum Gasteiger partial charge on any atom is 0.182 e. The molecule has 3 rings (SSSR count). The number of hydrogen-bond donors (Lipinski definition) is 0. The molecule has 0 saturated heterocycles. The molecule has 0 heterocycles. The van der Waals surface area contributed by atoms with Gasteiger partial charge in [-0.1, -0.05) is 20.8 Å². The molecule has 0 aliphatic heterocycles. The molecule has 18 heavy (non-hydrogen) atoms. The lowest BCUT2D eigenvalue weighted by atomic mass is 9.64. The van der Waals surface area contributed by atoms with Crippen LogP contribution in [0.5, 0.6) is 0 Å². The molecule has 0 N–H and O–H groups in total. The lowest BCUT2D eigenvalue weighted by molar-refractivity contribution is -0.115. The van der Waals surface area contributed by atoms with Gasteiger partial charge in [-0.25, -0.2) is 0 Å². The van der Waals surface area contributed by atoms with E-state index in [2.05, 4.69) is 20.8 Å². The van der Waals surface area contributed by atoms with Crippen LogP contribution in [0.15, 0.2) is 23.8 Å². The molecule has 2 bridgehead atoms. The summed E-state index contributed by atoms with van der Waals surface area (Å²) in [5, 5.41) is 0. The van der Waals surface area contributed by atoms with Crippen LogP contribution in [-0.2, 0) is 9.59 Å². The Kier molecular flexibility index (Phi) is 2.27. The molecule has 2 nitrogen and oxygen atoms in total. The third-order valence-corrected chi connectivity index (χ3v) is 6.15. The molecule has 2 fully saturated rings. The zero-order valence-corrected chi connectivity index (χ0v) is 11.3. The van der Waals surface area contributed by atoms with Gasteiger partial charge in [-0.15, -0.1) is 0 Å². The summed E-state index contributed by atoms with van der Waals surface area (Å²) >= 11 is 0. The van der Waals surface area contributed by atoms with E-state index < -0.39 is 0 Å². The fourth-order valence-electron chi connectivity index (χ4n) is 4.47. The van der Waals surface area contributed by atoms with E-state index in [-0.39, 0.29) is 28.3 Å². The summed E-state index contributed by atoms with van der Waals surface area (Å²) in [5.41, 5.74) is 1.22. The van der Waals surface area contributed by atoms with E-state index in [1.54, 1.807) is 6.08 Å². The Bertz CT molecular complexity index is 495. The minimum Gasteiger partial charge on any atom is -0.290 e. The molecule has 0 aromatic heterocycles. The van der Waals surface area contributed by atoms with E-state index in [1.165, 1.54) is 25.0 Å². The molecular formula is C16H20O2. The van der Waals surface area contributed by atoms with Crippen LogP contribution < -0.4 is 0 Å². The number of rotatable bonds is 1. The Balaban J connectivity index is 2.01. The highest BCUT2D eigenvalue weighted by Gasteiger charge is 2.62. The summed E-state index contributed by atoms with van der Waals surface area (Å²) in [5.74, 6) is 0.979. The van der Waals surface area contributed by atoms with Crippen LogP contribution in [0.4, 0.5) is 0 Å². The number of fused-ring (bicyclic) bond motifs is 2. The maximum atomic E-state index is 12.0. The van der Waals surface area contributed by atoms with Gasteiger partial charge in [-0.3, -0.25) is 9.59 Å². The number of hydrogen-bond acceptors (Lipinski definition) is 2. The van der Waals surface area contributed by atoms with Crippen molar-refractivity contribution >= 4 is 11.6 Å². The Labute approximate surface area is 108 Å². The predicted molar refractivity (Wildman–Crippen MR) is 70.0 cm³/mol. The maximum absolute atomic E-state index is 12.0. The van der Waals surface area contributed by atoms with Crippen LogP contribution in [0, 0.1) is 22.7 Å². The molecule has 2 saturated carbocycles. The van der Waals surface area contributed by atoms with Crippen LogP contribution in [0.3, 0.4) is 0 Å². The highest BCUT2D eigenvalue weighted by molar-refractivity contribution is 6.17. The monoisotopic (exact) mass is 244 g/mol. The minimum absolute atomic E-state index is 0.0335. The predicted octanol–water partition coefficient (Wildman–Crippen LogP) is 3.08. The van der Waals surface area contributed by atoms with E-state index in [1.807, 2.05) is 0 Å². The Morgan fingerprint density at radius 1 is 1.17 bits per heavy atom. The van der Waals surface area contributed by atoms with Gasteiger partial charge in [0, 0.05) is 5.57 Å². The fraction of sp³-hybridized carbons (Fsp3) is 0.625. The molecule has 0 aromatic rings. The molecule has 3 aliphatic rings. The lowest BCUT2D eigenvalue weighted by Gasteiger charge is -2.40. The van der Waals surface area contributed by atoms with Crippen molar-refractivity contribution in [1.82, 2.24) is 0 Å². The lowest BCUT2D eigenvalue weighted by Crippen LogP contribution is -2.35. The number of carbonyl (C=O) groups is 2. The Hall–Kier alpha value is -1.18. The molecule has 0 amide bonds. The first-order valence-corrected chi connectivity index (χ1v) is 6.84. The van der Waals surface area contributed by atoms with Gasteiger partial charge in [0.2, 0.25) is 0 Å². The second-order valence-corrected chi connectivity index (χ2v) is 6.86. The normalized spacial score (nSPS) is 41.4. The van der Waals surface area contributed by atoms with Gasteiger partial charge in [-0.2, -0.15) is 0 Å². The summed E-state index contributed by atoms with van der Waals surface area (Å²) < 4.78 is 0. The zero-order chi connectivity index (χ0) is 13.1. The first kappa shape index (κ1) is 11.9. The van der Waals surface area contributed by atoms with Gasteiger partial charge < -0.3 is 0 Å². The molecular weight excluding hydrogens is 224 g/mol. The standard InChI is InChI=1S/C16H20O2/c1-15(2)10-6-7-16(15,3)13(8-10)12-9-11(17)4-5-14(12)18/h4-5,9-10,13H,6-8H2,1-3H3. The molecule has 0 radical (unpaired) electrons. The van der Waals surface area contributed by atoms with E-state index >= 15 is 0 Å². The average molecular weight is 244 g/mol. The average Bonchev–Trinajstić information content (AvgIpc) is 2.64. The van der Waals surface area contributed by atoms with Gasteiger partial charge in [0.05, 0.1) is 0 Å². The second kappa shape index (κ2) is 3.43. The van der Waals surface area contributed by atoms with E-state index in [0.29, 0.717) is 5.92 Å². The van der Waals surface area contributed by atoms with Crippen molar-refractivity contribution in [2.24, 2.45) is 22.7 Å². The van der Waals surface area contributed by atoms with Gasteiger partial charge in [0.15, 0.2) is 11.6 Å². The first-order chi connectivity index (χ1) is 8.36. The molecule has 3 unspecified atom stereocenters. The summed E-state index contributed by atoms with van der Waals surface area (Å²) in [6.45, 7) is 6.97. The Morgan fingerprint density at radius 2 is 1.89 bits per heavy atom. The van der Waals surface area contributed by atoms with E-state index in [4.69, 9.17) is 0 Å². The summed E-state index contributed by atoms with van der Waals surface area (Å²) in [4.78, 5) is 23.6. The van der Waals surface area contributed by atoms with Crippen molar-refractivity contribution in [3.05, 3.63) is 23.8 Å². The fourth-order valence-corrected chi connectivity index (χ4v) is 4.47. The topological polar surface area (TPSA) is 34.1 Å². The third kappa shape index (κ3) is 1.29. The molecule has 0 spiro atoms. The number of carbonyl (C=O) groups excluding carboxylic acids is 2. The number of ketones is 2. The molecule has 0 aromatic carbocycles. The van der Waals surface area contributed by atoms with Crippen molar-refractivity contribution < 1.29 is 9.59 Å². The van der Waals surface area contributed by atoms with Crippen LogP contribution in [0.2, 0.25) is 0 Å². The molecule has 2 heteroatoms. The molecule has 3 atom stereocenters. The zero-order valence-electron chi connectivity index (χ0n) is 11.3. The van der Waals surface area contributed by atoms with Crippen molar-refractivity contribution in [3.8, 4) is 0 Å². The van der Waals surface area contributed by atoms with Crippen molar-refractivity contribution in [1.29, 1.82) is 0 Å². The largest absolute Gasteiger partial charge is 0.290 e. The Morgan fingerprint density at radius 3 is 2.44 bits per heavy atom. The smallest absolute Gasteiger partial charge is 0.182 e.